The molecule has 0 radical (unpaired) electrons. The van der Waals surface area contributed by atoms with E-state index < -0.39 is 5.97 Å². The normalized spacial score (nSPS) is 28.8. The molecule has 0 aliphatic heterocycles. The molecule has 27 heavy (non-hydrogen) atoms. The molecule has 0 saturated heterocycles. The Kier molecular flexibility index (Phi) is 7.79. The maximum Gasteiger partial charge on any atom is 0.335 e. The number of benzene rings is 1. The first-order valence-corrected chi connectivity index (χ1v) is 11.5. The molecule has 3 rings (SSSR count). The maximum atomic E-state index is 11.0. The minimum atomic E-state index is -0.828. The molecule has 2 fully saturated rings. The van der Waals surface area contributed by atoms with Crippen molar-refractivity contribution >= 4 is 5.97 Å². The summed E-state index contributed by atoms with van der Waals surface area (Å²) in [4.78, 5) is 11.0. The standard InChI is InChI=1S/C25H38O2/c1-2-3-4-5-6-19-7-9-20(10-8-19)21-11-13-22(14-12-21)23-15-17-24(18-16-23)25(26)27/h15-22H,2-14H2,1H3,(H,26,27)/t19-,20-,21?,22?. The number of rotatable bonds is 8. The van der Waals surface area contributed by atoms with Crippen molar-refractivity contribution in [2.24, 2.45) is 17.8 Å². The first kappa shape index (κ1) is 20.4. The molecule has 0 atom stereocenters. The van der Waals surface area contributed by atoms with Crippen LogP contribution in [0.5, 0.6) is 0 Å². The Morgan fingerprint density at radius 3 is 2.00 bits per heavy atom. The second-order valence-electron chi connectivity index (χ2n) is 9.17. The summed E-state index contributed by atoms with van der Waals surface area (Å²) in [5.74, 6) is 2.75. The fraction of sp³-hybridized carbons (Fsp3) is 0.720. The highest BCUT2D eigenvalue weighted by atomic mass is 16.4. The zero-order valence-corrected chi connectivity index (χ0v) is 17.2. The van der Waals surface area contributed by atoms with Crippen LogP contribution in [-0.2, 0) is 0 Å². The second kappa shape index (κ2) is 10.3. The van der Waals surface area contributed by atoms with Gasteiger partial charge < -0.3 is 5.11 Å². The van der Waals surface area contributed by atoms with Crippen molar-refractivity contribution in [2.45, 2.75) is 96.3 Å². The van der Waals surface area contributed by atoms with Gasteiger partial charge in [0.1, 0.15) is 0 Å². The van der Waals surface area contributed by atoms with Crippen LogP contribution in [0.25, 0.3) is 0 Å². The van der Waals surface area contributed by atoms with Gasteiger partial charge in [0.15, 0.2) is 0 Å². The van der Waals surface area contributed by atoms with Gasteiger partial charge in [-0.3, -0.25) is 0 Å². The van der Waals surface area contributed by atoms with Gasteiger partial charge in [0.25, 0.3) is 0 Å². The number of unbranched alkanes of at least 4 members (excludes halogenated alkanes) is 3. The van der Waals surface area contributed by atoms with Gasteiger partial charge in [-0.15, -0.1) is 0 Å². The Labute approximate surface area is 165 Å². The number of hydrogen-bond donors (Lipinski definition) is 1. The summed E-state index contributed by atoms with van der Waals surface area (Å²) in [6.07, 6.45) is 18.4. The highest BCUT2D eigenvalue weighted by Gasteiger charge is 2.31. The quantitative estimate of drug-likeness (QED) is 0.483. The molecule has 2 heteroatoms. The lowest BCUT2D eigenvalue weighted by atomic mass is 9.68. The fourth-order valence-corrected chi connectivity index (χ4v) is 5.63. The van der Waals surface area contributed by atoms with Crippen LogP contribution >= 0.6 is 0 Å². The summed E-state index contributed by atoms with van der Waals surface area (Å²) in [6.45, 7) is 2.30. The molecular formula is C25H38O2. The fourth-order valence-electron chi connectivity index (χ4n) is 5.63. The number of carboxylic acid groups (broad SMARTS) is 1. The Bertz CT molecular complexity index is 560. The van der Waals surface area contributed by atoms with Crippen LogP contribution in [0.3, 0.4) is 0 Å². The number of hydrogen-bond acceptors (Lipinski definition) is 1. The Hall–Kier alpha value is -1.31. The lowest BCUT2D eigenvalue weighted by Crippen LogP contribution is -2.25. The van der Waals surface area contributed by atoms with Crippen LogP contribution in [0.4, 0.5) is 0 Å². The summed E-state index contributed by atoms with van der Waals surface area (Å²) in [5.41, 5.74) is 1.74. The molecule has 2 aliphatic carbocycles. The average Bonchev–Trinajstić information content (AvgIpc) is 2.72. The van der Waals surface area contributed by atoms with Gasteiger partial charge in [-0.25, -0.2) is 4.79 Å². The van der Waals surface area contributed by atoms with Crippen molar-refractivity contribution in [3.63, 3.8) is 0 Å². The molecule has 0 aromatic heterocycles. The smallest absolute Gasteiger partial charge is 0.335 e. The molecule has 1 aromatic rings. The van der Waals surface area contributed by atoms with E-state index in [-0.39, 0.29) is 0 Å². The maximum absolute atomic E-state index is 11.0. The van der Waals surface area contributed by atoms with Crippen molar-refractivity contribution in [3.05, 3.63) is 35.4 Å². The molecule has 2 nitrogen and oxygen atoms in total. The minimum absolute atomic E-state index is 0.402. The van der Waals surface area contributed by atoms with E-state index in [0.717, 1.165) is 17.8 Å². The second-order valence-corrected chi connectivity index (χ2v) is 9.17. The third kappa shape index (κ3) is 5.83. The SMILES string of the molecule is CCCCCC[C@H]1CC[C@H](C2CCC(c3ccc(C(=O)O)cc3)CC2)CC1. The zero-order chi connectivity index (χ0) is 19.1. The van der Waals surface area contributed by atoms with Crippen molar-refractivity contribution in [3.8, 4) is 0 Å². The van der Waals surface area contributed by atoms with Crippen LogP contribution in [0.15, 0.2) is 24.3 Å². The van der Waals surface area contributed by atoms with E-state index in [0.29, 0.717) is 11.5 Å². The summed E-state index contributed by atoms with van der Waals surface area (Å²) >= 11 is 0. The summed E-state index contributed by atoms with van der Waals surface area (Å²) in [7, 11) is 0. The first-order chi connectivity index (χ1) is 13.2. The Morgan fingerprint density at radius 1 is 0.852 bits per heavy atom. The molecule has 0 heterocycles. The largest absolute Gasteiger partial charge is 0.478 e. The van der Waals surface area contributed by atoms with Gasteiger partial charge in [-0.1, -0.05) is 64.0 Å². The summed E-state index contributed by atoms with van der Waals surface area (Å²) in [6, 6.07) is 7.62. The molecule has 2 aliphatic rings. The van der Waals surface area contributed by atoms with E-state index in [1.165, 1.54) is 89.0 Å². The molecule has 1 N–H and O–H groups in total. The average molecular weight is 371 g/mol. The van der Waals surface area contributed by atoms with Crippen molar-refractivity contribution in [1.82, 2.24) is 0 Å². The van der Waals surface area contributed by atoms with Crippen LogP contribution in [0.1, 0.15) is 112 Å². The van der Waals surface area contributed by atoms with E-state index >= 15 is 0 Å². The molecule has 150 valence electrons. The van der Waals surface area contributed by atoms with E-state index in [2.05, 4.69) is 6.92 Å². The number of aromatic carboxylic acids is 1. The van der Waals surface area contributed by atoms with Crippen LogP contribution in [-0.4, -0.2) is 11.1 Å². The van der Waals surface area contributed by atoms with E-state index in [9.17, 15) is 4.79 Å². The number of carbonyl (C=O) groups is 1. The summed E-state index contributed by atoms with van der Waals surface area (Å²) < 4.78 is 0. The topological polar surface area (TPSA) is 37.3 Å². The van der Waals surface area contributed by atoms with Crippen molar-refractivity contribution in [1.29, 1.82) is 0 Å². The molecule has 0 bridgehead atoms. The molecule has 0 unspecified atom stereocenters. The van der Waals surface area contributed by atoms with E-state index in [4.69, 9.17) is 5.11 Å². The highest BCUT2D eigenvalue weighted by molar-refractivity contribution is 5.87. The van der Waals surface area contributed by atoms with Crippen LogP contribution in [0.2, 0.25) is 0 Å². The summed E-state index contributed by atoms with van der Waals surface area (Å²) in [5, 5.41) is 9.06. The molecule has 2 saturated carbocycles. The van der Waals surface area contributed by atoms with Gasteiger partial charge in [0.05, 0.1) is 5.56 Å². The van der Waals surface area contributed by atoms with Crippen molar-refractivity contribution < 1.29 is 9.90 Å². The van der Waals surface area contributed by atoms with Crippen LogP contribution < -0.4 is 0 Å². The third-order valence-corrected chi connectivity index (χ3v) is 7.42. The predicted molar refractivity (Wildman–Crippen MR) is 112 cm³/mol. The van der Waals surface area contributed by atoms with Crippen molar-refractivity contribution in [2.75, 3.05) is 0 Å². The highest BCUT2D eigenvalue weighted by Crippen LogP contribution is 2.44. The van der Waals surface area contributed by atoms with Gasteiger partial charge in [-0.05, 0) is 79.9 Å². The lowest BCUT2D eigenvalue weighted by Gasteiger charge is -2.38. The van der Waals surface area contributed by atoms with Crippen LogP contribution in [0, 0.1) is 17.8 Å². The van der Waals surface area contributed by atoms with E-state index in [1.54, 1.807) is 12.1 Å². The molecule has 0 amide bonds. The van der Waals surface area contributed by atoms with E-state index in [1.807, 2.05) is 12.1 Å². The monoisotopic (exact) mass is 370 g/mol. The number of carboxylic acids is 1. The molecular weight excluding hydrogens is 332 g/mol. The molecule has 1 aromatic carbocycles. The Balaban J connectivity index is 1.39. The van der Waals surface area contributed by atoms with Gasteiger partial charge >= 0.3 is 5.97 Å². The molecule has 0 spiro atoms. The first-order valence-electron chi connectivity index (χ1n) is 11.5. The third-order valence-electron chi connectivity index (χ3n) is 7.42. The van der Waals surface area contributed by atoms with Gasteiger partial charge in [0.2, 0.25) is 0 Å². The Morgan fingerprint density at radius 2 is 1.44 bits per heavy atom. The predicted octanol–water partition coefficient (Wildman–Crippen LogP) is 7.44. The van der Waals surface area contributed by atoms with Gasteiger partial charge in [0, 0.05) is 0 Å². The lowest BCUT2D eigenvalue weighted by molar-refractivity contribution is 0.0697. The van der Waals surface area contributed by atoms with Gasteiger partial charge in [-0.2, -0.15) is 0 Å². The zero-order valence-electron chi connectivity index (χ0n) is 17.2. The minimum Gasteiger partial charge on any atom is -0.478 e.